The third-order valence-corrected chi connectivity index (χ3v) is 5.02. The standard InChI is InChI=1S/C18H26N2O3/c1-13-8-11-23-17(13)18(22)19-15-4-2-3-5-16(15)20-9-6-14(12-21)7-10-20/h2-5,13-14,17,21H,6-12H2,1H3,(H,19,22). The van der Waals surface area contributed by atoms with Crippen LogP contribution in [0.4, 0.5) is 11.4 Å². The van der Waals surface area contributed by atoms with Crippen molar-refractivity contribution in [3.05, 3.63) is 24.3 Å². The average molecular weight is 318 g/mol. The van der Waals surface area contributed by atoms with Gasteiger partial charge < -0.3 is 20.1 Å². The highest BCUT2D eigenvalue weighted by molar-refractivity contribution is 5.97. The smallest absolute Gasteiger partial charge is 0.253 e. The SMILES string of the molecule is CC1CCOC1C(=O)Nc1ccccc1N1CCC(CO)CC1. The highest BCUT2D eigenvalue weighted by atomic mass is 16.5. The molecular formula is C18H26N2O3. The summed E-state index contributed by atoms with van der Waals surface area (Å²) in [7, 11) is 0. The van der Waals surface area contributed by atoms with Gasteiger partial charge in [0.15, 0.2) is 0 Å². The Kier molecular flexibility index (Phi) is 5.18. The van der Waals surface area contributed by atoms with Crippen LogP contribution in [0.25, 0.3) is 0 Å². The molecule has 0 aliphatic carbocycles. The van der Waals surface area contributed by atoms with Gasteiger partial charge in [-0.2, -0.15) is 0 Å². The largest absolute Gasteiger partial charge is 0.396 e. The predicted octanol–water partition coefficient (Wildman–Crippen LogP) is 2.26. The van der Waals surface area contributed by atoms with Crippen molar-refractivity contribution in [3.8, 4) is 0 Å². The summed E-state index contributed by atoms with van der Waals surface area (Å²) in [5.74, 6) is 0.621. The van der Waals surface area contributed by atoms with Crippen LogP contribution in [0.15, 0.2) is 24.3 Å². The Hall–Kier alpha value is -1.59. The first kappa shape index (κ1) is 16.3. The van der Waals surface area contributed by atoms with E-state index in [1.807, 2.05) is 24.3 Å². The summed E-state index contributed by atoms with van der Waals surface area (Å²) in [6, 6.07) is 7.94. The van der Waals surface area contributed by atoms with Gasteiger partial charge in [0.05, 0.1) is 11.4 Å². The van der Waals surface area contributed by atoms with Crippen molar-refractivity contribution < 1.29 is 14.6 Å². The minimum Gasteiger partial charge on any atom is -0.396 e. The molecule has 0 spiro atoms. The highest BCUT2D eigenvalue weighted by Crippen LogP contribution is 2.30. The molecule has 2 unspecified atom stereocenters. The molecule has 1 aromatic rings. The summed E-state index contributed by atoms with van der Waals surface area (Å²) in [6.45, 7) is 4.81. The number of aliphatic hydroxyl groups is 1. The first-order valence-electron chi connectivity index (χ1n) is 8.56. The lowest BCUT2D eigenvalue weighted by Gasteiger charge is -2.34. The Balaban J connectivity index is 1.69. The zero-order valence-electron chi connectivity index (χ0n) is 13.7. The Labute approximate surface area is 137 Å². The van der Waals surface area contributed by atoms with Gasteiger partial charge in [0.2, 0.25) is 0 Å². The maximum atomic E-state index is 12.5. The molecule has 2 aliphatic heterocycles. The first-order valence-corrected chi connectivity index (χ1v) is 8.56. The molecule has 0 aromatic heterocycles. The van der Waals surface area contributed by atoms with Gasteiger partial charge in [-0.15, -0.1) is 0 Å². The van der Waals surface area contributed by atoms with Crippen LogP contribution in [-0.2, 0) is 9.53 Å². The normalized spacial score (nSPS) is 25.6. The van der Waals surface area contributed by atoms with Crippen LogP contribution in [0.1, 0.15) is 26.2 Å². The molecule has 3 rings (SSSR count). The molecule has 2 saturated heterocycles. The van der Waals surface area contributed by atoms with E-state index in [1.165, 1.54) is 0 Å². The number of para-hydroxylation sites is 2. The number of ether oxygens (including phenoxy) is 1. The van der Waals surface area contributed by atoms with E-state index < -0.39 is 0 Å². The lowest BCUT2D eigenvalue weighted by molar-refractivity contribution is -0.126. The van der Waals surface area contributed by atoms with Gasteiger partial charge in [0, 0.05) is 26.3 Å². The number of anilines is 2. The molecule has 2 fully saturated rings. The molecule has 1 amide bonds. The second kappa shape index (κ2) is 7.32. The van der Waals surface area contributed by atoms with Crippen LogP contribution in [-0.4, -0.2) is 43.4 Å². The first-order chi connectivity index (χ1) is 11.2. The van der Waals surface area contributed by atoms with Crippen molar-refractivity contribution in [1.82, 2.24) is 0 Å². The summed E-state index contributed by atoms with van der Waals surface area (Å²) < 4.78 is 5.56. The van der Waals surface area contributed by atoms with Gasteiger partial charge >= 0.3 is 0 Å². The summed E-state index contributed by atoms with van der Waals surface area (Å²) in [6.07, 6.45) is 2.57. The summed E-state index contributed by atoms with van der Waals surface area (Å²) in [5, 5.41) is 12.3. The number of rotatable bonds is 4. The molecule has 0 bridgehead atoms. The number of amides is 1. The number of nitrogens with one attached hydrogen (secondary N) is 1. The van der Waals surface area contributed by atoms with Crippen LogP contribution in [0.5, 0.6) is 0 Å². The van der Waals surface area contributed by atoms with E-state index >= 15 is 0 Å². The van der Waals surface area contributed by atoms with Crippen LogP contribution >= 0.6 is 0 Å². The molecule has 5 heteroatoms. The van der Waals surface area contributed by atoms with Gasteiger partial charge in [-0.05, 0) is 43.2 Å². The number of hydrogen-bond acceptors (Lipinski definition) is 4. The molecule has 2 heterocycles. The summed E-state index contributed by atoms with van der Waals surface area (Å²) >= 11 is 0. The second-order valence-electron chi connectivity index (χ2n) is 6.68. The van der Waals surface area contributed by atoms with Crippen LogP contribution in [0.2, 0.25) is 0 Å². The Morgan fingerprint density at radius 2 is 2.04 bits per heavy atom. The molecule has 2 N–H and O–H groups in total. The third-order valence-electron chi connectivity index (χ3n) is 5.02. The van der Waals surface area contributed by atoms with Crippen LogP contribution < -0.4 is 10.2 Å². The molecular weight excluding hydrogens is 292 g/mol. The van der Waals surface area contributed by atoms with E-state index in [2.05, 4.69) is 17.1 Å². The van der Waals surface area contributed by atoms with Crippen molar-refractivity contribution in [3.63, 3.8) is 0 Å². The number of hydrogen-bond donors (Lipinski definition) is 2. The summed E-state index contributed by atoms with van der Waals surface area (Å²) in [4.78, 5) is 14.8. The number of benzene rings is 1. The van der Waals surface area contributed by atoms with Gasteiger partial charge in [0.25, 0.3) is 5.91 Å². The van der Waals surface area contributed by atoms with Gasteiger partial charge in [-0.1, -0.05) is 19.1 Å². The van der Waals surface area contributed by atoms with E-state index in [0.717, 1.165) is 43.7 Å². The van der Waals surface area contributed by atoms with E-state index in [0.29, 0.717) is 12.5 Å². The van der Waals surface area contributed by atoms with E-state index in [1.54, 1.807) is 0 Å². The molecule has 0 radical (unpaired) electrons. The maximum absolute atomic E-state index is 12.5. The number of piperidine rings is 1. The fourth-order valence-electron chi connectivity index (χ4n) is 3.45. The molecule has 5 nitrogen and oxygen atoms in total. The fourth-order valence-corrected chi connectivity index (χ4v) is 3.45. The topological polar surface area (TPSA) is 61.8 Å². The highest BCUT2D eigenvalue weighted by Gasteiger charge is 2.31. The monoisotopic (exact) mass is 318 g/mol. The molecule has 1 aromatic carbocycles. The Morgan fingerprint density at radius 1 is 1.30 bits per heavy atom. The summed E-state index contributed by atoms with van der Waals surface area (Å²) in [5.41, 5.74) is 1.91. The van der Waals surface area contributed by atoms with Crippen molar-refractivity contribution in [2.24, 2.45) is 11.8 Å². The molecule has 2 atom stereocenters. The zero-order chi connectivity index (χ0) is 16.2. The molecule has 23 heavy (non-hydrogen) atoms. The van der Waals surface area contributed by atoms with E-state index in [9.17, 15) is 9.90 Å². The minimum atomic E-state index is -0.344. The van der Waals surface area contributed by atoms with Crippen molar-refractivity contribution >= 4 is 17.3 Å². The lowest BCUT2D eigenvalue weighted by Crippen LogP contribution is -2.36. The molecule has 126 valence electrons. The van der Waals surface area contributed by atoms with Gasteiger partial charge in [-0.3, -0.25) is 4.79 Å². The average Bonchev–Trinajstić information content (AvgIpc) is 3.02. The van der Waals surface area contributed by atoms with Crippen molar-refractivity contribution in [1.29, 1.82) is 0 Å². The van der Waals surface area contributed by atoms with E-state index in [-0.39, 0.29) is 24.5 Å². The molecule has 2 aliphatic rings. The van der Waals surface area contributed by atoms with Crippen LogP contribution in [0, 0.1) is 11.8 Å². The third kappa shape index (κ3) is 3.67. The number of carbonyl (C=O) groups is 1. The molecule has 0 saturated carbocycles. The lowest BCUT2D eigenvalue weighted by atomic mass is 9.97. The fraction of sp³-hybridized carbons (Fsp3) is 0.611. The van der Waals surface area contributed by atoms with Crippen LogP contribution in [0.3, 0.4) is 0 Å². The number of carbonyl (C=O) groups excluding carboxylic acids is 1. The van der Waals surface area contributed by atoms with Gasteiger partial charge in [-0.25, -0.2) is 0 Å². The zero-order valence-corrected chi connectivity index (χ0v) is 13.7. The quantitative estimate of drug-likeness (QED) is 0.894. The minimum absolute atomic E-state index is 0.0484. The number of aliphatic hydroxyl groups excluding tert-OH is 1. The van der Waals surface area contributed by atoms with Gasteiger partial charge in [0.1, 0.15) is 6.10 Å². The van der Waals surface area contributed by atoms with Crippen molar-refractivity contribution in [2.75, 3.05) is 36.5 Å². The maximum Gasteiger partial charge on any atom is 0.253 e. The predicted molar refractivity (Wildman–Crippen MR) is 90.6 cm³/mol. The Bertz CT molecular complexity index is 541. The van der Waals surface area contributed by atoms with E-state index in [4.69, 9.17) is 4.74 Å². The number of nitrogens with zero attached hydrogens (tertiary/aromatic N) is 1. The van der Waals surface area contributed by atoms with Crippen molar-refractivity contribution in [2.45, 2.75) is 32.3 Å². The Morgan fingerprint density at radius 3 is 2.70 bits per heavy atom. The second-order valence-corrected chi connectivity index (χ2v) is 6.68.